The zero-order valence-corrected chi connectivity index (χ0v) is 9.24. The average molecular weight is 227 g/mol. The molecule has 2 heterocycles. The van der Waals surface area contributed by atoms with E-state index in [9.17, 15) is 0 Å². The molecular weight excluding hydrogens is 218 g/mol. The highest BCUT2D eigenvalue weighted by Crippen LogP contribution is 2.34. The number of nitrogen functional groups attached to an aromatic ring is 1. The van der Waals surface area contributed by atoms with Crippen molar-refractivity contribution < 1.29 is 0 Å². The van der Waals surface area contributed by atoms with E-state index in [0.717, 1.165) is 10.1 Å². The maximum atomic E-state index is 5.78. The molecule has 0 unspecified atom stereocenters. The molecule has 3 aromatic rings. The quantitative estimate of drug-likeness (QED) is 0.695. The molecule has 3 nitrogen and oxygen atoms in total. The molecule has 0 radical (unpaired) electrons. The van der Waals surface area contributed by atoms with Crippen LogP contribution in [-0.2, 0) is 0 Å². The molecule has 0 fully saturated rings. The second-order valence-corrected chi connectivity index (χ2v) is 4.54. The van der Waals surface area contributed by atoms with Crippen LogP contribution in [0.15, 0.2) is 42.6 Å². The molecule has 0 atom stereocenters. The minimum Gasteiger partial charge on any atom is -0.381 e. The molecule has 0 spiro atoms. The molecule has 0 amide bonds. The van der Waals surface area contributed by atoms with Crippen LogP contribution in [0.25, 0.3) is 20.5 Å². The molecule has 2 aromatic heterocycles. The Balaban J connectivity index is 2.23. The first-order valence-electron chi connectivity index (χ1n) is 4.91. The minimum absolute atomic E-state index is 0.504. The summed E-state index contributed by atoms with van der Waals surface area (Å²) in [7, 11) is 0. The molecule has 0 aliphatic heterocycles. The average Bonchev–Trinajstić information content (AvgIpc) is 2.76. The minimum atomic E-state index is 0.504. The van der Waals surface area contributed by atoms with Crippen molar-refractivity contribution in [1.29, 1.82) is 0 Å². The van der Waals surface area contributed by atoms with Crippen LogP contribution < -0.4 is 5.73 Å². The highest BCUT2D eigenvalue weighted by Gasteiger charge is 2.07. The Bertz CT molecular complexity index is 631. The Kier molecular flexibility index (Phi) is 2.08. The second-order valence-electron chi connectivity index (χ2n) is 3.49. The van der Waals surface area contributed by atoms with Gasteiger partial charge in [0.15, 0.2) is 5.82 Å². The number of anilines is 1. The van der Waals surface area contributed by atoms with Gasteiger partial charge in [-0.15, -0.1) is 16.4 Å². The van der Waals surface area contributed by atoms with Crippen molar-refractivity contribution >= 4 is 27.2 Å². The van der Waals surface area contributed by atoms with Gasteiger partial charge in [-0.05, 0) is 11.6 Å². The van der Waals surface area contributed by atoms with Gasteiger partial charge in [0.25, 0.3) is 0 Å². The summed E-state index contributed by atoms with van der Waals surface area (Å²) in [5.41, 5.74) is 6.98. The molecular formula is C12H9N3S. The van der Waals surface area contributed by atoms with Crippen molar-refractivity contribution in [2.45, 2.75) is 0 Å². The van der Waals surface area contributed by atoms with Crippen LogP contribution >= 0.6 is 11.3 Å². The van der Waals surface area contributed by atoms with Gasteiger partial charge in [0, 0.05) is 10.3 Å². The van der Waals surface area contributed by atoms with Crippen LogP contribution in [0.5, 0.6) is 0 Å². The molecule has 78 valence electrons. The zero-order valence-electron chi connectivity index (χ0n) is 8.42. The van der Waals surface area contributed by atoms with Crippen LogP contribution in [0.4, 0.5) is 5.82 Å². The van der Waals surface area contributed by atoms with Gasteiger partial charge in [0.2, 0.25) is 0 Å². The van der Waals surface area contributed by atoms with E-state index in [1.807, 2.05) is 18.2 Å². The third-order valence-electron chi connectivity index (χ3n) is 2.41. The second kappa shape index (κ2) is 3.57. The summed E-state index contributed by atoms with van der Waals surface area (Å²) in [5.74, 6) is 0.504. The molecule has 0 bridgehead atoms. The normalized spacial score (nSPS) is 10.8. The summed E-state index contributed by atoms with van der Waals surface area (Å²) in [6, 6.07) is 12.3. The SMILES string of the molecule is Nc1nncc2cc(-c3ccccc3)sc12. The van der Waals surface area contributed by atoms with Crippen LogP contribution in [0.2, 0.25) is 0 Å². The van der Waals surface area contributed by atoms with Gasteiger partial charge in [0.05, 0.1) is 10.9 Å². The number of aromatic nitrogens is 2. The van der Waals surface area contributed by atoms with Gasteiger partial charge in [-0.25, -0.2) is 0 Å². The monoisotopic (exact) mass is 227 g/mol. The van der Waals surface area contributed by atoms with Gasteiger partial charge in [-0.2, -0.15) is 5.10 Å². The summed E-state index contributed by atoms with van der Waals surface area (Å²) in [6.45, 7) is 0. The summed E-state index contributed by atoms with van der Waals surface area (Å²) in [6.07, 6.45) is 1.74. The Morgan fingerprint density at radius 1 is 1.12 bits per heavy atom. The highest BCUT2D eigenvalue weighted by atomic mass is 32.1. The van der Waals surface area contributed by atoms with Gasteiger partial charge in [-0.1, -0.05) is 30.3 Å². The third-order valence-corrected chi connectivity index (χ3v) is 3.64. The van der Waals surface area contributed by atoms with Crippen LogP contribution in [-0.4, -0.2) is 10.2 Å². The summed E-state index contributed by atoms with van der Waals surface area (Å²) >= 11 is 1.65. The van der Waals surface area contributed by atoms with E-state index in [4.69, 9.17) is 5.73 Å². The number of hydrogen-bond donors (Lipinski definition) is 1. The number of thiophene rings is 1. The molecule has 0 saturated carbocycles. The summed E-state index contributed by atoms with van der Waals surface area (Å²) in [4.78, 5) is 1.19. The van der Waals surface area contributed by atoms with Crippen molar-refractivity contribution in [3.63, 3.8) is 0 Å². The number of nitrogens with zero attached hydrogens (tertiary/aromatic N) is 2. The van der Waals surface area contributed by atoms with E-state index < -0.39 is 0 Å². The molecule has 3 rings (SSSR count). The predicted octanol–water partition coefficient (Wildman–Crippen LogP) is 2.94. The smallest absolute Gasteiger partial charge is 0.164 e. The van der Waals surface area contributed by atoms with E-state index in [2.05, 4.69) is 28.4 Å². The first-order chi connectivity index (χ1) is 7.84. The topological polar surface area (TPSA) is 51.8 Å². The van der Waals surface area contributed by atoms with Crippen LogP contribution in [0.3, 0.4) is 0 Å². The lowest BCUT2D eigenvalue weighted by Gasteiger charge is -1.93. The van der Waals surface area contributed by atoms with Gasteiger partial charge < -0.3 is 5.73 Å². The maximum Gasteiger partial charge on any atom is 0.164 e. The predicted molar refractivity (Wildman–Crippen MR) is 67.3 cm³/mol. The molecule has 0 aliphatic carbocycles. The first kappa shape index (κ1) is 9.30. The highest BCUT2D eigenvalue weighted by molar-refractivity contribution is 7.22. The lowest BCUT2D eigenvalue weighted by Crippen LogP contribution is -1.90. The first-order valence-corrected chi connectivity index (χ1v) is 5.72. The molecule has 1 aromatic carbocycles. The Labute approximate surface area is 96.6 Å². The molecule has 2 N–H and O–H groups in total. The van der Waals surface area contributed by atoms with Crippen LogP contribution in [0.1, 0.15) is 0 Å². The standard InChI is InChI=1S/C12H9N3S/c13-12-11-9(7-14-15-12)6-10(16-11)8-4-2-1-3-5-8/h1-7H,(H2,13,15). The number of rotatable bonds is 1. The van der Waals surface area contributed by atoms with E-state index in [0.29, 0.717) is 5.82 Å². The zero-order chi connectivity index (χ0) is 11.0. The molecule has 0 saturated heterocycles. The molecule has 0 aliphatic rings. The van der Waals surface area contributed by atoms with Gasteiger partial charge in [0.1, 0.15) is 0 Å². The Hall–Kier alpha value is -1.94. The van der Waals surface area contributed by atoms with E-state index >= 15 is 0 Å². The largest absolute Gasteiger partial charge is 0.381 e. The molecule has 4 heteroatoms. The fourth-order valence-electron chi connectivity index (χ4n) is 1.64. The van der Waals surface area contributed by atoms with Crippen molar-refractivity contribution in [2.24, 2.45) is 0 Å². The maximum absolute atomic E-state index is 5.78. The Morgan fingerprint density at radius 2 is 1.94 bits per heavy atom. The van der Waals surface area contributed by atoms with E-state index in [-0.39, 0.29) is 0 Å². The van der Waals surface area contributed by atoms with Crippen LogP contribution in [0, 0.1) is 0 Å². The summed E-state index contributed by atoms with van der Waals surface area (Å²) < 4.78 is 1.01. The summed E-state index contributed by atoms with van der Waals surface area (Å²) in [5, 5.41) is 8.76. The van der Waals surface area contributed by atoms with Gasteiger partial charge >= 0.3 is 0 Å². The number of hydrogen-bond acceptors (Lipinski definition) is 4. The fraction of sp³-hybridized carbons (Fsp3) is 0. The van der Waals surface area contributed by atoms with Crippen molar-refractivity contribution in [2.75, 3.05) is 5.73 Å². The number of benzene rings is 1. The van der Waals surface area contributed by atoms with Crippen molar-refractivity contribution in [3.05, 3.63) is 42.6 Å². The number of nitrogens with two attached hydrogens (primary N) is 1. The molecule has 16 heavy (non-hydrogen) atoms. The Morgan fingerprint density at radius 3 is 2.69 bits per heavy atom. The van der Waals surface area contributed by atoms with E-state index in [1.54, 1.807) is 17.5 Å². The van der Waals surface area contributed by atoms with Crippen molar-refractivity contribution in [1.82, 2.24) is 10.2 Å². The lowest BCUT2D eigenvalue weighted by molar-refractivity contribution is 1.06. The lowest BCUT2D eigenvalue weighted by atomic mass is 10.2. The van der Waals surface area contributed by atoms with Gasteiger partial charge in [-0.3, -0.25) is 0 Å². The third kappa shape index (κ3) is 1.44. The van der Waals surface area contributed by atoms with Crippen molar-refractivity contribution in [3.8, 4) is 10.4 Å². The fourth-order valence-corrected chi connectivity index (χ4v) is 2.68. The van der Waals surface area contributed by atoms with E-state index in [1.165, 1.54) is 10.4 Å². The number of fused-ring (bicyclic) bond motifs is 1.